The predicted molar refractivity (Wildman–Crippen MR) is 53.0 cm³/mol. The van der Waals surface area contributed by atoms with Gasteiger partial charge < -0.3 is 0 Å². The van der Waals surface area contributed by atoms with Gasteiger partial charge in [-0.15, -0.1) is 0 Å². The van der Waals surface area contributed by atoms with Crippen molar-refractivity contribution >= 4 is 0 Å². The normalized spacial score (nSPS) is 18.8. The molecule has 68 valence electrons. The summed E-state index contributed by atoms with van der Waals surface area (Å²) in [6.45, 7) is 2.18. The van der Waals surface area contributed by atoms with Gasteiger partial charge in [-0.25, -0.2) is 0 Å². The van der Waals surface area contributed by atoms with Crippen LogP contribution in [0.1, 0.15) is 40.9 Å². The van der Waals surface area contributed by atoms with Crippen LogP contribution in [0.15, 0.2) is 0 Å². The van der Waals surface area contributed by atoms with Crippen LogP contribution >= 0.6 is 0 Å². The van der Waals surface area contributed by atoms with Gasteiger partial charge in [-0.2, -0.15) is 0 Å². The van der Waals surface area contributed by atoms with E-state index in [-0.39, 0.29) is 0 Å². The number of rotatable bonds is 0. The van der Waals surface area contributed by atoms with E-state index in [0.717, 1.165) is 0 Å². The summed E-state index contributed by atoms with van der Waals surface area (Å²) in [5.74, 6) is 0. The molecule has 0 unspecified atom stereocenters. The van der Waals surface area contributed by atoms with Gasteiger partial charge >= 0.3 is 0 Å². The number of hydrogen-bond donors (Lipinski definition) is 0. The molecule has 13 heavy (non-hydrogen) atoms. The molecule has 0 bridgehead atoms. The lowest BCUT2D eigenvalue weighted by Gasteiger charge is -2.09. The maximum atomic E-state index is 4.73. The Morgan fingerprint density at radius 3 is 2.46 bits per heavy atom. The smallest absolute Gasteiger partial charge is 0.0441 e. The van der Waals surface area contributed by atoms with Gasteiger partial charge in [0.25, 0.3) is 0 Å². The van der Waals surface area contributed by atoms with Gasteiger partial charge in [0.05, 0.1) is 0 Å². The van der Waals surface area contributed by atoms with E-state index in [4.69, 9.17) is 4.98 Å². The first-order valence-electron chi connectivity index (χ1n) is 5.36. The fraction of sp³-hybridized carbons (Fsp3) is 0.583. The predicted octanol–water partition coefficient (Wildman–Crippen LogP) is 2.37. The molecule has 0 fully saturated rings. The molecule has 1 aromatic rings. The highest BCUT2D eigenvalue weighted by Gasteiger charge is 2.23. The summed E-state index contributed by atoms with van der Waals surface area (Å²) < 4.78 is 0. The third-order valence-electron chi connectivity index (χ3n) is 3.51. The standard InChI is InChI=1S/C12H15N/c1-8-9-4-2-5-10(9)11-6-3-7-12(11)13-8/h2-7H2,1H3. The van der Waals surface area contributed by atoms with Crippen molar-refractivity contribution in [3.05, 3.63) is 28.1 Å². The van der Waals surface area contributed by atoms with Crippen LogP contribution in [0.3, 0.4) is 0 Å². The molecule has 2 aliphatic carbocycles. The monoisotopic (exact) mass is 173 g/mol. The van der Waals surface area contributed by atoms with Gasteiger partial charge in [0, 0.05) is 11.4 Å². The highest BCUT2D eigenvalue weighted by molar-refractivity contribution is 5.44. The minimum Gasteiger partial charge on any atom is -0.258 e. The van der Waals surface area contributed by atoms with Crippen molar-refractivity contribution in [2.75, 3.05) is 0 Å². The fourth-order valence-corrected chi connectivity index (χ4v) is 2.92. The van der Waals surface area contributed by atoms with Crippen LogP contribution in [0, 0.1) is 6.92 Å². The zero-order chi connectivity index (χ0) is 8.84. The van der Waals surface area contributed by atoms with Crippen molar-refractivity contribution in [1.82, 2.24) is 4.98 Å². The molecule has 0 atom stereocenters. The fourth-order valence-electron chi connectivity index (χ4n) is 2.92. The zero-order valence-electron chi connectivity index (χ0n) is 8.19. The number of aromatic nitrogens is 1. The number of nitrogens with zero attached hydrogens (tertiary/aromatic N) is 1. The number of pyridine rings is 1. The van der Waals surface area contributed by atoms with Crippen LogP contribution in [-0.4, -0.2) is 4.98 Å². The van der Waals surface area contributed by atoms with E-state index in [1.54, 1.807) is 16.7 Å². The minimum absolute atomic E-state index is 1.23. The van der Waals surface area contributed by atoms with Gasteiger partial charge in [-0.1, -0.05) is 0 Å². The van der Waals surface area contributed by atoms with Crippen LogP contribution in [-0.2, 0) is 25.7 Å². The summed E-state index contributed by atoms with van der Waals surface area (Å²) in [6.07, 6.45) is 7.81. The average molecular weight is 173 g/mol. The third-order valence-corrected chi connectivity index (χ3v) is 3.51. The molecule has 0 aliphatic heterocycles. The van der Waals surface area contributed by atoms with Crippen molar-refractivity contribution in [1.29, 1.82) is 0 Å². The Hall–Kier alpha value is -0.850. The van der Waals surface area contributed by atoms with Gasteiger partial charge in [0.15, 0.2) is 0 Å². The first kappa shape index (κ1) is 7.54. The lowest BCUT2D eigenvalue weighted by molar-refractivity contribution is 0.877. The van der Waals surface area contributed by atoms with Crippen molar-refractivity contribution < 1.29 is 0 Å². The Labute approximate surface area is 79.2 Å². The Morgan fingerprint density at radius 1 is 0.846 bits per heavy atom. The molecule has 0 amide bonds. The molecular weight excluding hydrogens is 158 g/mol. The topological polar surface area (TPSA) is 12.9 Å². The van der Waals surface area contributed by atoms with E-state index >= 15 is 0 Å². The number of aryl methyl sites for hydroxylation is 2. The first-order chi connectivity index (χ1) is 6.36. The van der Waals surface area contributed by atoms with Crippen LogP contribution in [0.2, 0.25) is 0 Å². The summed E-state index contributed by atoms with van der Waals surface area (Å²) >= 11 is 0. The van der Waals surface area contributed by atoms with E-state index in [1.165, 1.54) is 49.9 Å². The van der Waals surface area contributed by atoms with Crippen molar-refractivity contribution in [3.63, 3.8) is 0 Å². The largest absolute Gasteiger partial charge is 0.258 e. The second-order valence-electron chi connectivity index (χ2n) is 4.29. The summed E-state index contributed by atoms with van der Waals surface area (Å²) in [7, 11) is 0. The van der Waals surface area contributed by atoms with Gasteiger partial charge in [0.2, 0.25) is 0 Å². The molecule has 1 nitrogen and oxygen atoms in total. The summed E-state index contributed by atoms with van der Waals surface area (Å²) in [5, 5.41) is 0. The Bertz CT molecular complexity index is 366. The maximum absolute atomic E-state index is 4.73. The molecule has 0 N–H and O–H groups in total. The van der Waals surface area contributed by atoms with E-state index in [9.17, 15) is 0 Å². The second kappa shape index (κ2) is 2.57. The van der Waals surface area contributed by atoms with Crippen LogP contribution in [0.4, 0.5) is 0 Å². The SMILES string of the molecule is Cc1nc2c(c3c1CCC3)CCC2. The minimum atomic E-state index is 1.23. The van der Waals surface area contributed by atoms with Crippen LogP contribution in [0.5, 0.6) is 0 Å². The van der Waals surface area contributed by atoms with E-state index in [1.807, 2.05) is 0 Å². The molecule has 3 rings (SSSR count). The molecule has 0 aromatic carbocycles. The molecule has 0 spiro atoms. The Kier molecular flexibility index (Phi) is 1.49. The first-order valence-corrected chi connectivity index (χ1v) is 5.36. The van der Waals surface area contributed by atoms with E-state index in [0.29, 0.717) is 0 Å². The summed E-state index contributed by atoms with van der Waals surface area (Å²) in [4.78, 5) is 4.73. The molecule has 0 saturated carbocycles. The van der Waals surface area contributed by atoms with Gasteiger partial charge in [-0.3, -0.25) is 4.98 Å². The second-order valence-corrected chi connectivity index (χ2v) is 4.29. The molecule has 0 saturated heterocycles. The van der Waals surface area contributed by atoms with Crippen molar-refractivity contribution in [2.45, 2.75) is 45.4 Å². The quantitative estimate of drug-likeness (QED) is 0.587. The maximum Gasteiger partial charge on any atom is 0.0441 e. The highest BCUT2D eigenvalue weighted by atomic mass is 14.7. The molecule has 1 heterocycles. The summed E-state index contributed by atoms with van der Waals surface area (Å²) in [5.41, 5.74) is 7.62. The van der Waals surface area contributed by atoms with Crippen molar-refractivity contribution in [2.24, 2.45) is 0 Å². The molecular formula is C12H15N. The highest BCUT2D eigenvalue weighted by Crippen LogP contribution is 2.33. The number of hydrogen-bond acceptors (Lipinski definition) is 1. The van der Waals surface area contributed by atoms with Gasteiger partial charge in [0.1, 0.15) is 0 Å². The van der Waals surface area contributed by atoms with E-state index < -0.39 is 0 Å². The van der Waals surface area contributed by atoms with Gasteiger partial charge in [-0.05, 0) is 62.1 Å². The molecule has 2 aliphatic rings. The lowest BCUT2D eigenvalue weighted by atomic mass is 10.0. The van der Waals surface area contributed by atoms with Crippen molar-refractivity contribution in [3.8, 4) is 0 Å². The molecule has 0 radical (unpaired) electrons. The average Bonchev–Trinajstić information content (AvgIpc) is 2.66. The van der Waals surface area contributed by atoms with Crippen LogP contribution in [0.25, 0.3) is 0 Å². The van der Waals surface area contributed by atoms with E-state index in [2.05, 4.69) is 6.92 Å². The number of fused-ring (bicyclic) bond motifs is 3. The Balaban J connectivity index is 2.28. The van der Waals surface area contributed by atoms with Crippen LogP contribution < -0.4 is 0 Å². The lowest BCUT2D eigenvalue weighted by Crippen LogP contribution is -2.00. The third kappa shape index (κ3) is 0.962. The summed E-state index contributed by atoms with van der Waals surface area (Å²) in [6, 6.07) is 0. The molecule has 1 heteroatoms. The Morgan fingerprint density at radius 2 is 1.54 bits per heavy atom. The zero-order valence-corrected chi connectivity index (χ0v) is 8.19. The molecule has 1 aromatic heterocycles.